The van der Waals surface area contributed by atoms with Crippen molar-refractivity contribution in [3.8, 4) is 0 Å². The summed E-state index contributed by atoms with van der Waals surface area (Å²) in [5, 5.41) is 0. The van der Waals surface area contributed by atoms with Crippen molar-refractivity contribution in [2.24, 2.45) is 0 Å². The van der Waals surface area contributed by atoms with E-state index in [-0.39, 0.29) is 31.8 Å². The zero-order valence-electron chi connectivity index (χ0n) is 7.64. The predicted molar refractivity (Wildman–Crippen MR) is 48.0 cm³/mol. The second-order valence-electron chi connectivity index (χ2n) is 2.52. The van der Waals surface area contributed by atoms with Gasteiger partial charge in [-0.3, -0.25) is 14.5 Å². The summed E-state index contributed by atoms with van der Waals surface area (Å²) in [5.74, 6) is -0.605. The highest BCUT2D eigenvalue weighted by molar-refractivity contribution is 6.12. The minimum absolute atomic E-state index is 0.0765. The molecular weight excluding hydrogens is 186 g/mol. The minimum Gasteiger partial charge on any atom is -0.476 e. The number of nitrogens with zero attached hydrogens (tertiary/aromatic N) is 1. The van der Waals surface area contributed by atoms with Gasteiger partial charge in [0.05, 0.1) is 19.4 Å². The molecule has 2 amide bonds. The lowest BCUT2D eigenvalue weighted by atomic mass is 10.5. The van der Waals surface area contributed by atoms with E-state index in [2.05, 4.69) is 11.3 Å². The molecule has 0 aromatic heterocycles. The molecule has 1 rings (SSSR count). The molecule has 0 saturated heterocycles. The van der Waals surface area contributed by atoms with Crippen molar-refractivity contribution in [1.29, 1.82) is 0 Å². The summed E-state index contributed by atoms with van der Waals surface area (Å²) in [6.07, 6.45) is 3.73. The molecule has 0 aromatic rings. The fourth-order valence-electron chi connectivity index (χ4n) is 0.963. The van der Waals surface area contributed by atoms with Gasteiger partial charge in [0.2, 0.25) is 0 Å². The Bertz CT molecular complexity index is 254. The van der Waals surface area contributed by atoms with Crippen LogP contribution in [0.4, 0.5) is 0 Å². The number of ether oxygens (including phenoxy) is 2. The third-order valence-corrected chi connectivity index (χ3v) is 1.63. The summed E-state index contributed by atoms with van der Waals surface area (Å²) in [7, 11) is 0. The van der Waals surface area contributed by atoms with Gasteiger partial charge in [-0.15, -0.1) is 0 Å². The monoisotopic (exact) mass is 197 g/mol. The molecule has 0 radical (unpaired) electrons. The predicted octanol–water partition coefficient (Wildman–Crippen LogP) is 0.0456. The maximum atomic E-state index is 11.0. The van der Waals surface area contributed by atoms with Crippen LogP contribution in [0.2, 0.25) is 0 Å². The number of imide groups is 1. The van der Waals surface area contributed by atoms with Crippen LogP contribution in [0.5, 0.6) is 0 Å². The zero-order valence-corrected chi connectivity index (χ0v) is 7.64. The Labute approximate surface area is 81.6 Å². The number of amides is 2. The molecule has 0 aliphatic carbocycles. The third-order valence-electron chi connectivity index (χ3n) is 1.63. The molecule has 0 unspecified atom stereocenters. The van der Waals surface area contributed by atoms with Crippen molar-refractivity contribution >= 4 is 11.8 Å². The van der Waals surface area contributed by atoms with Crippen LogP contribution in [0.3, 0.4) is 0 Å². The van der Waals surface area contributed by atoms with Crippen molar-refractivity contribution in [3.63, 3.8) is 0 Å². The van der Waals surface area contributed by atoms with Gasteiger partial charge >= 0.3 is 0 Å². The normalized spacial score (nSPS) is 15.0. The van der Waals surface area contributed by atoms with Crippen LogP contribution in [0, 0.1) is 0 Å². The summed E-state index contributed by atoms with van der Waals surface area (Å²) >= 11 is 0. The quantitative estimate of drug-likeness (QED) is 0.261. The minimum atomic E-state index is -0.303. The Morgan fingerprint density at radius 2 is 2.00 bits per heavy atom. The molecule has 0 saturated carbocycles. The SMILES string of the molecule is C=COCOCCN1C(=O)C=CC1=O. The first-order valence-corrected chi connectivity index (χ1v) is 4.09. The molecule has 5 heteroatoms. The van der Waals surface area contributed by atoms with Crippen molar-refractivity contribution in [2.75, 3.05) is 19.9 Å². The van der Waals surface area contributed by atoms with E-state index in [1.54, 1.807) is 0 Å². The molecule has 1 heterocycles. The smallest absolute Gasteiger partial charge is 0.253 e. The van der Waals surface area contributed by atoms with Crippen molar-refractivity contribution in [2.45, 2.75) is 0 Å². The fraction of sp³-hybridized carbons (Fsp3) is 0.333. The molecule has 0 aromatic carbocycles. The molecule has 0 bridgehead atoms. The topological polar surface area (TPSA) is 55.8 Å². The Hall–Kier alpha value is -1.62. The largest absolute Gasteiger partial charge is 0.476 e. The second-order valence-corrected chi connectivity index (χ2v) is 2.52. The summed E-state index contributed by atoms with van der Waals surface area (Å²) in [5.41, 5.74) is 0. The number of carbonyl (C=O) groups is 2. The average molecular weight is 197 g/mol. The van der Waals surface area contributed by atoms with Crippen LogP contribution in [0.1, 0.15) is 0 Å². The van der Waals surface area contributed by atoms with Gasteiger partial charge in [0.1, 0.15) is 0 Å². The van der Waals surface area contributed by atoms with E-state index in [0.717, 1.165) is 4.90 Å². The molecule has 14 heavy (non-hydrogen) atoms. The summed E-state index contributed by atoms with van der Waals surface area (Å²) < 4.78 is 9.65. The van der Waals surface area contributed by atoms with Crippen LogP contribution in [0.15, 0.2) is 25.0 Å². The van der Waals surface area contributed by atoms with Crippen LogP contribution >= 0.6 is 0 Å². The van der Waals surface area contributed by atoms with E-state index < -0.39 is 0 Å². The highest BCUT2D eigenvalue weighted by atomic mass is 16.7. The summed E-state index contributed by atoms with van der Waals surface area (Å²) in [4.78, 5) is 23.1. The van der Waals surface area contributed by atoms with Gasteiger partial charge in [-0.25, -0.2) is 0 Å². The van der Waals surface area contributed by atoms with Gasteiger partial charge in [-0.2, -0.15) is 0 Å². The van der Waals surface area contributed by atoms with Crippen LogP contribution < -0.4 is 0 Å². The second kappa shape index (κ2) is 5.18. The first-order chi connectivity index (χ1) is 6.75. The number of carbonyl (C=O) groups excluding carboxylic acids is 2. The average Bonchev–Trinajstić information content (AvgIpc) is 2.48. The molecule has 5 nitrogen and oxygen atoms in total. The third kappa shape index (κ3) is 2.70. The van der Waals surface area contributed by atoms with Gasteiger partial charge in [0, 0.05) is 12.2 Å². The van der Waals surface area contributed by atoms with Crippen molar-refractivity contribution in [3.05, 3.63) is 25.0 Å². The molecule has 0 fully saturated rings. The Morgan fingerprint density at radius 3 is 2.57 bits per heavy atom. The van der Waals surface area contributed by atoms with Crippen molar-refractivity contribution < 1.29 is 19.1 Å². The van der Waals surface area contributed by atoms with Crippen LogP contribution in [-0.2, 0) is 19.1 Å². The first-order valence-electron chi connectivity index (χ1n) is 4.09. The molecule has 0 atom stereocenters. The van der Waals surface area contributed by atoms with Gasteiger partial charge in [-0.05, 0) is 0 Å². The Morgan fingerprint density at radius 1 is 1.36 bits per heavy atom. The van der Waals surface area contributed by atoms with Gasteiger partial charge in [-0.1, -0.05) is 6.58 Å². The summed E-state index contributed by atoms with van der Waals surface area (Å²) in [6, 6.07) is 0. The Balaban J connectivity index is 2.15. The summed E-state index contributed by atoms with van der Waals surface area (Å²) in [6.45, 7) is 3.90. The highest BCUT2D eigenvalue weighted by Gasteiger charge is 2.22. The lowest BCUT2D eigenvalue weighted by Crippen LogP contribution is -2.33. The van der Waals surface area contributed by atoms with E-state index >= 15 is 0 Å². The van der Waals surface area contributed by atoms with Gasteiger partial charge in [0.15, 0.2) is 6.79 Å². The molecule has 76 valence electrons. The van der Waals surface area contributed by atoms with E-state index in [0.29, 0.717) is 0 Å². The van der Waals surface area contributed by atoms with Crippen molar-refractivity contribution in [1.82, 2.24) is 4.90 Å². The molecular formula is C9H11NO4. The molecule has 0 N–H and O–H groups in total. The standard InChI is InChI=1S/C9H11NO4/c1-2-13-7-14-6-5-10-8(11)3-4-9(10)12/h2-4H,1,5-7H2. The molecule has 1 aliphatic rings. The number of rotatable bonds is 6. The lowest BCUT2D eigenvalue weighted by Gasteiger charge is -2.13. The van der Waals surface area contributed by atoms with Crippen LogP contribution in [0.25, 0.3) is 0 Å². The first kappa shape index (κ1) is 10.5. The zero-order chi connectivity index (χ0) is 10.4. The number of hydrogen-bond acceptors (Lipinski definition) is 4. The lowest BCUT2D eigenvalue weighted by molar-refractivity contribution is -0.138. The fourth-order valence-corrected chi connectivity index (χ4v) is 0.963. The molecule has 0 spiro atoms. The number of hydrogen-bond donors (Lipinski definition) is 0. The van der Waals surface area contributed by atoms with Gasteiger partial charge < -0.3 is 9.47 Å². The van der Waals surface area contributed by atoms with Crippen LogP contribution in [-0.4, -0.2) is 36.7 Å². The molecule has 1 aliphatic heterocycles. The maximum Gasteiger partial charge on any atom is 0.253 e. The Kier molecular flexibility index (Phi) is 3.87. The highest BCUT2D eigenvalue weighted by Crippen LogP contribution is 2.02. The van der Waals surface area contributed by atoms with E-state index in [4.69, 9.17) is 4.74 Å². The van der Waals surface area contributed by atoms with E-state index in [1.165, 1.54) is 18.4 Å². The van der Waals surface area contributed by atoms with E-state index in [9.17, 15) is 9.59 Å². The van der Waals surface area contributed by atoms with Gasteiger partial charge in [0.25, 0.3) is 11.8 Å². The van der Waals surface area contributed by atoms with E-state index in [1.807, 2.05) is 0 Å². The maximum absolute atomic E-state index is 11.0.